The molecule has 0 radical (unpaired) electrons. The molecule has 0 spiro atoms. The van der Waals surface area contributed by atoms with Crippen molar-refractivity contribution in [1.29, 1.82) is 0 Å². The number of rotatable bonds is 2. The molecule has 1 aromatic heterocycles. The SMILES string of the molecule is Cc1ccc(N)cc1C(=O)NC1CCCc2cn[nH]c21.Cl. The first-order valence-corrected chi connectivity index (χ1v) is 6.84. The zero-order valence-corrected chi connectivity index (χ0v) is 12.7. The minimum absolute atomic E-state index is 0. The Balaban J connectivity index is 0.00000161. The van der Waals surface area contributed by atoms with Gasteiger partial charge in [-0.2, -0.15) is 5.10 Å². The third-order valence-electron chi connectivity index (χ3n) is 3.85. The van der Waals surface area contributed by atoms with Crippen molar-refractivity contribution < 1.29 is 4.79 Å². The van der Waals surface area contributed by atoms with Crippen molar-refractivity contribution in [3.05, 3.63) is 46.8 Å². The number of aromatic amines is 1. The van der Waals surface area contributed by atoms with Crippen LogP contribution >= 0.6 is 12.4 Å². The second-order valence-electron chi connectivity index (χ2n) is 5.30. The third-order valence-corrected chi connectivity index (χ3v) is 3.85. The van der Waals surface area contributed by atoms with Gasteiger partial charge < -0.3 is 11.1 Å². The van der Waals surface area contributed by atoms with E-state index in [1.807, 2.05) is 19.2 Å². The highest BCUT2D eigenvalue weighted by Gasteiger charge is 2.24. The number of fused-ring (bicyclic) bond motifs is 1. The molecule has 1 aromatic carbocycles. The summed E-state index contributed by atoms with van der Waals surface area (Å²) in [7, 11) is 0. The number of carbonyl (C=O) groups is 1. The van der Waals surface area contributed by atoms with E-state index in [-0.39, 0.29) is 24.4 Å². The molecule has 0 fully saturated rings. The Morgan fingerprint density at radius 1 is 1.48 bits per heavy atom. The second-order valence-corrected chi connectivity index (χ2v) is 5.30. The number of nitrogens with zero attached hydrogens (tertiary/aromatic N) is 1. The number of H-pyrrole nitrogens is 1. The topological polar surface area (TPSA) is 83.8 Å². The van der Waals surface area contributed by atoms with Gasteiger partial charge in [-0.05, 0) is 49.4 Å². The predicted molar refractivity (Wildman–Crippen MR) is 84.6 cm³/mol. The van der Waals surface area contributed by atoms with E-state index in [2.05, 4.69) is 15.5 Å². The summed E-state index contributed by atoms with van der Waals surface area (Å²) < 4.78 is 0. The van der Waals surface area contributed by atoms with Gasteiger partial charge in [-0.3, -0.25) is 9.89 Å². The lowest BCUT2D eigenvalue weighted by Crippen LogP contribution is -2.31. The number of anilines is 1. The number of hydrogen-bond acceptors (Lipinski definition) is 3. The first-order valence-electron chi connectivity index (χ1n) is 6.84. The lowest BCUT2D eigenvalue weighted by atomic mass is 9.93. The maximum absolute atomic E-state index is 12.4. The lowest BCUT2D eigenvalue weighted by Gasteiger charge is -2.23. The molecule has 1 aliphatic carbocycles. The lowest BCUT2D eigenvalue weighted by molar-refractivity contribution is 0.0931. The second kappa shape index (κ2) is 6.18. The van der Waals surface area contributed by atoms with E-state index < -0.39 is 0 Å². The van der Waals surface area contributed by atoms with Crippen LogP contribution < -0.4 is 11.1 Å². The van der Waals surface area contributed by atoms with E-state index in [0.717, 1.165) is 30.5 Å². The summed E-state index contributed by atoms with van der Waals surface area (Å²) >= 11 is 0. The maximum Gasteiger partial charge on any atom is 0.252 e. The Labute approximate surface area is 129 Å². The molecule has 5 nitrogen and oxygen atoms in total. The third kappa shape index (κ3) is 3.03. The van der Waals surface area contributed by atoms with Gasteiger partial charge in [-0.25, -0.2) is 0 Å². The first-order chi connectivity index (χ1) is 9.65. The first kappa shape index (κ1) is 15.4. The van der Waals surface area contributed by atoms with Gasteiger partial charge in [-0.15, -0.1) is 12.4 Å². The number of benzene rings is 1. The largest absolute Gasteiger partial charge is 0.399 e. The number of nitrogen functional groups attached to an aromatic ring is 1. The summed E-state index contributed by atoms with van der Waals surface area (Å²) in [6.45, 7) is 1.91. The van der Waals surface area contributed by atoms with Crippen LogP contribution in [-0.4, -0.2) is 16.1 Å². The normalized spacial score (nSPS) is 16.7. The number of nitrogens with two attached hydrogens (primary N) is 1. The maximum atomic E-state index is 12.4. The minimum atomic E-state index is -0.0813. The summed E-state index contributed by atoms with van der Waals surface area (Å²) in [5, 5.41) is 10.2. The van der Waals surface area contributed by atoms with Crippen LogP contribution in [0.3, 0.4) is 0 Å². The van der Waals surface area contributed by atoms with Crippen LogP contribution in [0.25, 0.3) is 0 Å². The van der Waals surface area contributed by atoms with E-state index in [1.165, 1.54) is 5.56 Å². The molecule has 6 heteroatoms. The predicted octanol–water partition coefficient (Wildman–Crippen LogP) is 2.53. The highest BCUT2D eigenvalue weighted by atomic mass is 35.5. The molecule has 0 bridgehead atoms. The van der Waals surface area contributed by atoms with Crippen LogP contribution in [0.2, 0.25) is 0 Å². The van der Waals surface area contributed by atoms with Crippen LogP contribution in [0.1, 0.15) is 46.1 Å². The number of aryl methyl sites for hydroxylation is 2. The molecule has 1 heterocycles. The molecule has 0 aliphatic heterocycles. The van der Waals surface area contributed by atoms with Gasteiger partial charge in [0.15, 0.2) is 0 Å². The van der Waals surface area contributed by atoms with Crippen molar-refractivity contribution in [1.82, 2.24) is 15.5 Å². The molecule has 1 atom stereocenters. The number of halogens is 1. The molecular weight excluding hydrogens is 288 g/mol. The summed E-state index contributed by atoms with van der Waals surface area (Å²) in [4.78, 5) is 12.4. The average molecular weight is 307 g/mol. The highest BCUT2D eigenvalue weighted by molar-refractivity contribution is 5.96. The fourth-order valence-corrected chi connectivity index (χ4v) is 2.73. The van der Waals surface area contributed by atoms with Crippen LogP contribution in [0, 0.1) is 6.92 Å². The van der Waals surface area contributed by atoms with Gasteiger partial charge in [0, 0.05) is 11.3 Å². The molecule has 3 rings (SSSR count). The average Bonchev–Trinajstić information content (AvgIpc) is 2.91. The van der Waals surface area contributed by atoms with Crippen molar-refractivity contribution in [3.8, 4) is 0 Å². The molecule has 1 amide bonds. The van der Waals surface area contributed by atoms with Gasteiger partial charge in [0.2, 0.25) is 0 Å². The monoisotopic (exact) mass is 306 g/mol. The van der Waals surface area contributed by atoms with Gasteiger partial charge in [0.05, 0.1) is 17.9 Å². The zero-order valence-electron chi connectivity index (χ0n) is 11.8. The van der Waals surface area contributed by atoms with Gasteiger partial charge in [0.1, 0.15) is 0 Å². The minimum Gasteiger partial charge on any atom is -0.399 e. The molecule has 4 N–H and O–H groups in total. The number of hydrogen-bond donors (Lipinski definition) is 3. The Morgan fingerprint density at radius 3 is 3.10 bits per heavy atom. The molecule has 1 aliphatic rings. The number of amides is 1. The van der Waals surface area contributed by atoms with Crippen LogP contribution in [0.4, 0.5) is 5.69 Å². The Kier molecular flexibility index (Phi) is 4.53. The molecule has 0 saturated heterocycles. The van der Waals surface area contributed by atoms with Crippen molar-refractivity contribution in [3.63, 3.8) is 0 Å². The number of carbonyl (C=O) groups excluding carboxylic acids is 1. The van der Waals surface area contributed by atoms with Crippen molar-refractivity contribution in [2.75, 3.05) is 5.73 Å². The summed E-state index contributed by atoms with van der Waals surface area (Å²) in [5.74, 6) is -0.0813. The quantitative estimate of drug-likeness (QED) is 0.745. The van der Waals surface area contributed by atoms with E-state index in [9.17, 15) is 4.79 Å². The summed E-state index contributed by atoms with van der Waals surface area (Å²) in [6, 6.07) is 5.41. The highest BCUT2D eigenvalue weighted by Crippen LogP contribution is 2.28. The number of aromatic nitrogens is 2. The van der Waals surface area contributed by atoms with E-state index in [0.29, 0.717) is 11.3 Å². The fourth-order valence-electron chi connectivity index (χ4n) is 2.73. The molecule has 112 valence electrons. The van der Waals surface area contributed by atoms with Gasteiger partial charge >= 0.3 is 0 Å². The Bertz CT molecular complexity index is 653. The van der Waals surface area contributed by atoms with Crippen LogP contribution in [0.5, 0.6) is 0 Å². The van der Waals surface area contributed by atoms with E-state index in [4.69, 9.17) is 5.73 Å². The van der Waals surface area contributed by atoms with Crippen LogP contribution in [0.15, 0.2) is 24.4 Å². The van der Waals surface area contributed by atoms with E-state index in [1.54, 1.807) is 12.1 Å². The molecule has 2 aromatic rings. The zero-order chi connectivity index (χ0) is 14.1. The summed E-state index contributed by atoms with van der Waals surface area (Å²) in [6.07, 6.45) is 4.87. The van der Waals surface area contributed by atoms with E-state index >= 15 is 0 Å². The Hall–Kier alpha value is -2.01. The summed E-state index contributed by atoms with van der Waals surface area (Å²) in [5.41, 5.74) is 10.2. The fraction of sp³-hybridized carbons (Fsp3) is 0.333. The van der Waals surface area contributed by atoms with Crippen molar-refractivity contribution in [2.45, 2.75) is 32.2 Å². The standard InChI is InChI=1S/C15H18N4O.ClH/c1-9-5-6-11(16)7-12(9)15(20)18-13-4-2-3-10-8-17-19-14(10)13;/h5-8,13H,2-4,16H2,1H3,(H,17,19)(H,18,20);1H. The molecule has 0 saturated carbocycles. The molecular formula is C15H19ClN4O. The molecule has 1 unspecified atom stereocenters. The van der Waals surface area contributed by atoms with Gasteiger partial charge in [-0.1, -0.05) is 6.07 Å². The number of nitrogens with one attached hydrogen (secondary N) is 2. The van der Waals surface area contributed by atoms with Crippen molar-refractivity contribution >= 4 is 24.0 Å². The smallest absolute Gasteiger partial charge is 0.252 e. The van der Waals surface area contributed by atoms with Gasteiger partial charge in [0.25, 0.3) is 5.91 Å². The Morgan fingerprint density at radius 2 is 2.29 bits per heavy atom. The van der Waals surface area contributed by atoms with Crippen LogP contribution in [-0.2, 0) is 6.42 Å². The molecule has 21 heavy (non-hydrogen) atoms. The van der Waals surface area contributed by atoms with Crippen molar-refractivity contribution in [2.24, 2.45) is 0 Å².